The van der Waals surface area contributed by atoms with Crippen LogP contribution in [0.25, 0.3) is 5.57 Å². The lowest BCUT2D eigenvalue weighted by Crippen LogP contribution is -2.16. The third-order valence-electron chi connectivity index (χ3n) is 5.24. The molecule has 0 bridgehead atoms. The minimum atomic E-state index is -0.308. The number of carbonyl (C=O) groups excluding carboxylic acids is 1. The van der Waals surface area contributed by atoms with E-state index in [1.165, 1.54) is 27.2 Å². The third-order valence-corrected chi connectivity index (χ3v) is 6.46. The Morgan fingerprint density at radius 2 is 1.59 bits per heavy atom. The van der Waals surface area contributed by atoms with E-state index in [0.717, 1.165) is 11.1 Å². The summed E-state index contributed by atoms with van der Waals surface area (Å²) in [7, 11) is 0. The van der Waals surface area contributed by atoms with Gasteiger partial charge in [-0.05, 0) is 86.9 Å². The van der Waals surface area contributed by atoms with E-state index < -0.39 is 0 Å². The zero-order valence-corrected chi connectivity index (χ0v) is 19.7. The van der Waals surface area contributed by atoms with Crippen LogP contribution in [0, 0.1) is 18.8 Å². The van der Waals surface area contributed by atoms with Gasteiger partial charge in [0.05, 0.1) is 12.2 Å². The first-order chi connectivity index (χ1) is 15.3. The Morgan fingerprint density at radius 3 is 2.28 bits per heavy atom. The molecule has 0 N–H and O–H groups in total. The topological polar surface area (TPSA) is 26.3 Å². The number of benzene rings is 3. The van der Waals surface area contributed by atoms with Gasteiger partial charge in [0.15, 0.2) is 0 Å². The van der Waals surface area contributed by atoms with Gasteiger partial charge in [-0.1, -0.05) is 47.7 Å². The van der Waals surface area contributed by atoms with Crippen molar-refractivity contribution in [3.63, 3.8) is 0 Å². The van der Waals surface area contributed by atoms with E-state index in [1.54, 1.807) is 19.1 Å². The second kappa shape index (κ2) is 9.10. The highest BCUT2D eigenvalue weighted by atomic mass is 32.2. The molecule has 3 heteroatoms. The Labute approximate surface area is 194 Å². The van der Waals surface area contributed by atoms with Gasteiger partial charge in [-0.25, -0.2) is 4.79 Å². The van der Waals surface area contributed by atoms with Gasteiger partial charge >= 0.3 is 5.97 Å². The first-order valence-electron chi connectivity index (χ1n) is 10.8. The highest BCUT2D eigenvalue weighted by molar-refractivity contribution is 8.01. The second-order valence-electron chi connectivity index (χ2n) is 8.39. The van der Waals surface area contributed by atoms with Crippen molar-refractivity contribution in [3.05, 3.63) is 106 Å². The quantitative estimate of drug-likeness (QED) is 0.329. The molecule has 0 unspecified atom stereocenters. The molecule has 1 aliphatic heterocycles. The van der Waals surface area contributed by atoms with Crippen LogP contribution in [-0.4, -0.2) is 17.3 Å². The zero-order valence-electron chi connectivity index (χ0n) is 18.9. The summed E-state index contributed by atoms with van der Waals surface area (Å²) in [5.41, 5.74) is 7.34. The van der Waals surface area contributed by atoms with E-state index in [4.69, 9.17) is 4.74 Å². The van der Waals surface area contributed by atoms with Crippen LogP contribution in [0.1, 0.15) is 58.9 Å². The van der Waals surface area contributed by atoms with Gasteiger partial charge in [0, 0.05) is 20.8 Å². The molecule has 0 fully saturated rings. The van der Waals surface area contributed by atoms with E-state index in [1.807, 2.05) is 23.9 Å². The van der Waals surface area contributed by atoms with Gasteiger partial charge < -0.3 is 4.74 Å². The maximum atomic E-state index is 11.8. The molecule has 3 aromatic carbocycles. The molecule has 0 amide bonds. The van der Waals surface area contributed by atoms with Crippen molar-refractivity contribution in [3.8, 4) is 11.8 Å². The number of esters is 1. The normalized spacial score (nSPS) is 13.9. The van der Waals surface area contributed by atoms with Crippen LogP contribution in [-0.2, 0) is 4.74 Å². The number of thioether (sulfide) groups is 1. The molecule has 3 aromatic rings. The van der Waals surface area contributed by atoms with Crippen molar-refractivity contribution in [2.45, 2.75) is 37.3 Å². The Hall–Kier alpha value is -3.22. The fraction of sp³-hybridized carbons (Fsp3) is 0.207. The highest BCUT2D eigenvalue weighted by Gasteiger charge is 2.26. The van der Waals surface area contributed by atoms with Gasteiger partial charge in [0.1, 0.15) is 0 Å². The molecule has 0 aromatic heterocycles. The summed E-state index contributed by atoms with van der Waals surface area (Å²) in [6.45, 7) is 8.78. The Balaban J connectivity index is 1.65. The maximum absolute atomic E-state index is 11.8. The van der Waals surface area contributed by atoms with Gasteiger partial charge in [0.25, 0.3) is 0 Å². The number of carbonyl (C=O) groups is 1. The molecule has 32 heavy (non-hydrogen) atoms. The fourth-order valence-electron chi connectivity index (χ4n) is 3.67. The molecule has 0 radical (unpaired) electrons. The third kappa shape index (κ3) is 4.98. The fourth-order valence-corrected chi connectivity index (χ4v) is 4.82. The predicted molar refractivity (Wildman–Crippen MR) is 133 cm³/mol. The number of fused-ring (bicyclic) bond motifs is 1. The minimum absolute atomic E-state index is 0.0289. The molecule has 0 saturated carbocycles. The maximum Gasteiger partial charge on any atom is 0.338 e. The average Bonchev–Trinajstić information content (AvgIpc) is 2.78. The van der Waals surface area contributed by atoms with Crippen LogP contribution < -0.4 is 0 Å². The lowest BCUT2D eigenvalue weighted by Gasteiger charge is -2.29. The summed E-state index contributed by atoms with van der Waals surface area (Å²) < 4.78 is 5.06. The lowest BCUT2D eigenvalue weighted by molar-refractivity contribution is 0.0526. The molecule has 0 aliphatic carbocycles. The van der Waals surface area contributed by atoms with Crippen molar-refractivity contribution in [2.75, 3.05) is 6.61 Å². The van der Waals surface area contributed by atoms with Crippen LogP contribution in [0.4, 0.5) is 0 Å². The molecule has 1 heterocycles. The van der Waals surface area contributed by atoms with Crippen molar-refractivity contribution in [1.29, 1.82) is 0 Å². The summed E-state index contributed by atoms with van der Waals surface area (Å²) in [6.07, 6.45) is 2.36. The van der Waals surface area contributed by atoms with Crippen LogP contribution in [0.2, 0.25) is 0 Å². The van der Waals surface area contributed by atoms with E-state index in [-0.39, 0.29) is 10.7 Å². The molecule has 0 atom stereocenters. The zero-order chi connectivity index (χ0) is 22.7. The molecule has 4 rings (SSSR count). The number of ether oxygens (including phenoxy) is 1. The van der Waals surface area contributed by atoms with Crippen molar-refractivity contribution < 1.29 is 9.53 Å². The average molecular weight is 439 g/mol. The van der Waals surface area contributed by atoms with Gasteiger partial charge in [0.2, 0.25) is 0 Å². The van der Waals surface area contributed by atoms with Crippen LogP contribution in [0.5, 0.6) is 0 Å². The monoisotopic (exact) mass is 438 g/mol. The van der Waals surface area contributed by atoms with Crippen LogP contribution in [0.15, 0.2) is 77.7 Å². The first-order valence-corrected chi connectivity index (χ1v) is 11.6. The molecule has 0 spiro atoms. The SMILES string of the molecule is CCOC(=O)c1ccc(C#Cc2ccc3c(c2)C(c2ccc(C)cc2)=CC(C)(C)S3)cc1. The number of hydrogen-bond acceptors (Lipinski definition) is 3. The van der Waals surface area contributed by atoms with Gasteiger partial charge in [-0.15, -0.1) is 11.8 Å². The largest absolute Gasteiger partial charge is 0.462 e. The van der Waals surface area contributed by atoms with Crippen LogP contribution in [0.3, 0.4) is 0 Å². The van der Waals surface area contributed by atoms with Crippen LogP contribution >= 0.6 is 11.8 Å². The molecule has 0 saturated heterocycles. The summed E-state index contributed by atoms with van der Waals surface area (Å²) in [6, 6.07) is 22.4. The number of hydrogen-bond donors (Lipinski definition) is 0. The highest BCUT2D eigenvalue weighted by Crippen LogP contribution is 2.46. The second-order valence-corrected chi connectivity index (χ2v) is 10.1. The van der Waals surface area contributed by atoms with E-state index in [9.17, 15) is 4.79 Å². The number of rotatable bonds is 3. The lowest BCUT2D eigenvalue weighted by atomic mass is 9.92. The van der Waals surface area contributed by atoms with Gasteiger partial charge in [-0.3, -0.25) is 0 Å². The summed E-state index contributed by atoms with van der Waals surface area (Å²) >= 11 is 1.88. The van der Waals surface area contributed by atoms with E-state index >= 15 is 0 Å². The van der Waals surface area contributed by atoms with Crippen molar-refractivity contribution >= 4 is 23.3 Å². The Bertz CT molecular complexity index is 1240. The standard InChI is InChI=1S/C29H26O2S/c1-5-31-28(30)24-15-10-21(11-16-24)8-9-22-12-17-27-25(18-22)26(19-29(3,4)32-27)23-13-6-20(2)7-14-23/h6-7,10-19H,5H2,1-4H3. The molecule has 160 valence electrons. The van der Waals surface area contributed by atoms with E-state index in [2.05, 4.69) is 81.2 Å². The minimum Gasteiger partial charge on any atom is -0.462 e. The van der Waals surface area contributed by atoms with Crippen molar-refractivity contribution in [2.24, 2.45) is 0 Å². The predicted octanol–water partition coefficient (Wildman–Crippen LogP) is 6.89. The first kappa shape index (κ1) is 22.0. The Kier molecular flexibility index (Phi) is 6.26. The molecular formula is C29H26O2S. The molecular weight excluding hydrogens is 412 g/mol. The Morgan fingerprint density at radius 1 is 0.938 bits per heavy atom. The molecule has 2 nitrogen and oxygen atoms in total. The summed E-state index contributed by atoms with van der Waals surface area (Å²) in [5, 5.41) is 0. The van der Waals surface area contributed by atoms with E-state index in [0.29, 0.717) is 12.2 Å². The smallest absolute Gasteiger partial charge is 0.338 e. The molecule has 1 aliphatic rings. The van der Waals surface area contributed by atoms with Crippen molar-refractivity contribution in [1.82, 2.24) is 0 Å². The van der Waals surface area contributed by atoms with Gasteiger partial charge in [-0.2, -0.15) is 0 Å². The number of aryl methyl sites for hydroxylation is 1. The summed E-state index contributed by atoms with van der Waals surface area (Å²) in [5.74, 6) is 6.19. The summed E-state index contributed by atoms with van der Waals surface area (Å²) in [4.78, 5) is 13.1.